The highest BCUT2D eigenvalue weighted by Crippen LogP contribution is 2.39. The molecule has 2 atom stereocenters. The Bertz CT molecular complexity index is 505. The summed E-state index contributed by atoms with van der Waals surface area (Å²) in [7, 11) is 0. The molecule has 0 radical (unpaired) electrons. The predicted molar refractivity (Wildman–Crippen MR) is 88.2 cm³/mol. The van der Waals surface area contributed by atoms with Gasteiger partial charge in [0.25, 0.3) is 0 Å². The van der Waals surface area contributed by atoms with Crippen LogP contribution in [0.15, 0.2) is 24.3 Å². The van der Waals surface area contributed by atoms with E-state index in [1.54, 1.807) is 0 Å². The lowest BCUT2D eigenvalue weighted by molar-refractivity contribution is 0.139. The minimum atomic E-state index is 0.180. The van der Waals surface area contributed by atoms with Gasteiger partial charge in [-0.2, -0.15) is 0 Å². The standard InChI is InChI=1S/C18H29N3/c1-17(2)10-12(11-18(3,4)21-17)20-16-9-15(19)13-7-5-6-8-14(13)16/h5-8,12,15-16,20-21H,9-11,19H2,1-4H3. The normalized spacial score (nSPS) is 31.1. The molecule has 3 nitrogen and oxygen atoms in total. The molecule has 1 aromatic carbocycles. The molecule has 0 spiro atoms. The number of fused-ring (bicyclic) bond motifs is 1. The summed E-state index contributed by atoms with van der Waals surface area (Å²) in [5.41, 5.74) is 9.38. The summed E-state index contributed by atoms with van der Waals surface area (Å²) in [6, 6.07) is 9.77. The molecule has 3 rings (SSSR count). The molecular weight excluding hydrogens is 258 g/mol. The summed E-state index contributed by atoms with van der Waals surface area (Å²) in [5, 5.41) is 7.65. The van der Waals surface area contributed by atoms with Crippen molar-refractivity contribution < 1.29 is 0 Å². The van der Waals surface area contributed by atoms with Crippen molar-refractivity contribution in [3.8, 4) is 0 Å². The molecule has 1 saturated heterocycles. The van der Waals surface area contributed by atoms with Crippen molar-refractivity contribution >= 4 is 0 Å². The number of benzene rings is 1. The molecule has 0 amide bonds. The minimum Gasteiger partial charge on any atom is -0.324 e. The van der Waals surface area contributed by atoms with E-state index < -0.39 is 0 Å². The van der Waals surface area contributed by atoms with Crippen LogP contribution < -0.4 is 16.4 Å². The fourth-order valence-electron chi connectivity index (χ4n) is 4.56. The van der Waals surface area contributed by atoms with E-state index in [9.17, 15) is 0 Å². The van der Waals surface area contributed by atoms with Crippen molar-refractivity contribution in [1.29, 1.82) is 0 Å². The van der Waals surface area contributed by atoms with Gasteiger partial charge in [0.15, 0.2) is 0 Å². The summed E-state index contributed by atoms with van der Waals surface area (Å²) in [6.45, 7) is 9.21. The van der Waals surface area contributed by atoms with Gasteiger partial charge in [-0.1, -0.05) is 24.3 Å². The van der Waals surface area contributed by atoms with Crippen LogP contribution in [0.1, 0.15) is 70.2 Å². The molecule has 1 aliphatic carbocycles. The Kier molecular flexibility index (Phi) is 3.63. The van der Waals surface area contributed by atoms with E-state index in [1.807, 2.05) is 0 Å². The van der Waals surface area contributed by atoms with Crippen LogP contribution in [0.25, 0.3) is 0 Å². The Labute approximate surface area is 128 Å². The number of hydrogen-bond donors (Lipinski definition) is 3. The van der Waals surface area contributed by atoms with E-state index in [-0.39, 0.29) is 17.1 Å². The number of nitrogens with one attached hydrogen (secondary N) is 2. The molecule has 3 heteroatoms. The van der Waals surface area contributed by atoms with Gasteiger partial charge < -0.3 is 16.4 Å². The summed E-state index contributed by atoms with van der Waals surface area (Å²) >= 11 is 0. The first kappa shape index (κ1) is 15.0. The molecule has 1 aliphatic heterocycles. The Hall–Kier alpha value is -0.900. The lowest BCUT2D eigenvalue weighted by Gasteiger charge is -2.47. The van der Waals surface area contributed by atoms with Gasteiger partial charge in [0.05, 0.1) is 0 Å². The monoisotopic (exact) mass is 287 g/mol. The molecule has 2 unspecified atom stereocenters. The van der Waals surface area contributed by atoms with E-state index in [2.05, 4.69) is 62.6 Å². The number of hydrogen-bond acceptors (Lipinski definition) is 3. The topological polar surface area (TPSA) is 50.1 Å². The highest BCUT2D eigenvalue weighted by atomic mass is 15.1. The van der Waals surface area contributed by atoms with Crippen LogP contribution >= 0.6 is 0 Å². The molecule has 0 bridgehead atoms. The second kappa shape index (κ2) is 5.08. The Balaban J connectivity index is 1.76. The van der Waals surface area contributed by atoms with Gasteiger partial charge in [-0.3, -0.25) is 0 Å². The molecule has 1 heterocycles. The SMILES string of the molecule is CC1(C)CC(NC2CC(N)c3ccccc32)CC(C)(C)N1. The molecular formula is C18H29N3. The zero-order valence-electron chi connectivity index (χ0n) is 13.7. The van der Waals surface area contributed by atoms with Crippen LogP contribution in [0, 0.1) is 0 Å². The van der Waals surface area contributed by atoms with Gasteiger partial charge in [-0.15, -0.1) is 0 Å². The third kappa shape index (κ3) is 3.15. The first-order valence-electron chi connectivity index (χ1n) is 8.16. The molecule has 21 heavy (non-hydrogen) atoms. The maximum Gasteiger partial charge on any atom is 0.0344 e. The lowest BCUT2D eigenvalue weighted by Crippen LogP contribution is -2.61. The zero-order valence-corrected chi connectivity index (χ0v) is 13.7. The second-order valence-electron chi connectivity index (χ2n) is 8.19. The first-order valence-corrected chi connectivity index (χ1v) is 8.16. The number of rotatable bonds is 2. The Morgan fingerprint density at radius 3 is 2.24 bits per heavy atom. The maximum absolute atomic E-state index is 6.30. The van der Waals surface area contributed by atoms with Gasteiger partial charge >= 0.3 is 0 Å². The quantitative estimate of drug-likeness (QED) is 0.783. The maximum atomic E-state index is 6.30. The fraction of sp³-hybridized carbons (Fsp3) is 0.667. The van der Waals surface area contributed by atoms with Gasteiger partial charge in [-0.05, 0) is 58.1 Å². The van der Waals surface area contributed by atoms with Crippen molar-refractivity contribution in [2.24, 2.45) is 5.73 Å². The zero-order chi connectivity index (χ0) is 15.3. The minimum absolute atomic E-state index is 0.180. The van der Waals surface area contributed by atoms with E-state index in [1.165, 1.54) is 11.1 Å². The largest absolute Gasteiger partial charge is 0.324 e. The van der Waals surface area contributed by atoms with Crippen LogP contribution in [0.5, 0.6) is 0 Å². The van der Waals surface area contributed by atoms with Crippen molar-refractivity contribution in [2.75, 3.05) is 0 Å². The smallest absolute Gasteiger partial charge is 0.0344 e. The highest BCUT2D eigenvalue weighted by Gasteiger charge is 2.39. The highest BCUT2D eigenvalue weighted by molar-refractivity contribution is 5.37. The summed E-state index contributed by atoms with van der Waals surface area (Å²) in [4.78, 5) is 0. The van der Waals surface area contributed by atoms with Crippen LogP contribution in [0.3, 0.4) is 0 Å². The molecule has 0 aromatic heterocycles. The lowest BCUT2D eigenvalue weighted by atomic mass is 9.79. The molecule has 2 aliphatic rings. The van der Waals surface area contributed by atoms with Crippen molar-refractivity contribution in [2.45, 2.75) is 76.2 Å². The molecule has 0 saturated carbocycles. The fourth-order valence-corrected chi connectivity index (χ4v) is 4.56. The number of nitrogens with two attached hydrogens (primary N) is 1. The van der Waals surface area contributed by atoms with Gasteiger partial charge in [0, 0.05) is 29.2 Å². The third-order valence-corrected chi connectivity index (χ3v) is 4.89. The average molecular weight is 287 g/mol. The van der Waals surface area contributed by atoms with Crippen molar-refractivity contribution in [3.05, 3.63) is 35.4 Å². The van der Waals surface area contributed by atoms with Gasteiger partial charge in [0.2, 0.25) is 0 Å². The van der Waals surface area contributed by atoms with E-state index in [0.29, 0.717) is 12.1 Å². The first-order chi connectivity index (χ1) is 9.76. The molecule has 1 fully saturated rings. The Morgan fingerprint density at radius 1 is 1.05 bits per heavy atom. The van der Waals surface area contributed by atoms with Gasteiger partial charge in [-0.25, -0.2) is 0 Å². The molecule has 116 valence electrons. The van der Waals surface area contributed by atoms with E-state index in [4.69, 9.17) is 5.73 Å². The van der Waals surface area contributed by atoms with Crippen LogP contribution in [0.2, 0.25) is 0 Å². The van der Waals surface area contributed by atoms with Gasteiger partial charge in [0.1, 0.15) is 0 Å². The summed E-state index contributed by atoms with van der Waals surface area (Å²) in [6.07, 6.45) is 3.33. The van der Waals surface area contributed by atoms with Crippen LogP contribution in [0.4, 0.5) is 0 Å². The van der Waals surface area contributed by atoms with Crippen molar-refractivity contribution in [1.82, 2.24) is 10.6 Å². The van der Waals surface area contributed by atoms with Crippen molar-refractivity contribution in [3.63, 3.8) is 0 Å². The molecule has 4 N–H and O–H groups in total. The average Bonchev–Trinajstić information content (AvgIpc) is 2.63. The second-order valence-corrected chi connectivity index (χ2v) is 8.19. The van der Waals surface area contributed by atoms with Crippen LogP contribution in [-0.4, -0.2) is 17.1 Å². The van der Waals surface area contributed by atoms with Crippen LogP contribution in [-0.2, 0) is 0 Å². The summed E-state index contributed by atoms with van der Waals surface area (Å²) < 4.78 is 0. The molecule has 1 aromatic rings. The Morgan fingerprint density at radius 2 is 1.62 bits per heavy atom. The number of piperidine rings is 1. The third-order valence-electron chi connectivity index (χ3n) is 4.89. The van der Waals surface area contributed by atoms with E-state index >= 15 is 0 Å². The van der Waals surface area contributed by atoms with E-state index in [0.717, 1.165) is 19.3 Å². The predicted octanol–water partition coefficient (Wildman–Crippen LogP) is 3.03. The summed E-state index contributed by atoms with van der Waals surface area (Å²) in [5.74, 6) is 0.